The van der Waals surface area contributed by atoms with Gasteiger partial charge in [-0.05, 0) is 12.5 Å². The van der Waals surface area contributed by atoms with Gasteiger partial charge in [-0.3, -0.25) is 10.00 Å². The van der Waals surface area contributed by atoms with Crippen LogP contribution < -0.4 is 0 Å². The molecule has 0 saturated carbocycles. The zero-order chi connectivity index (χ0) is 13.1. The number of nitrogens with zero attached hydrogens (tertiary/aromatic N) is 2. The van der Waals surface area contributed by atoms with Crippen LogP contribution in [0.2, 0.25) is 0 Å². The number of benzene rings is 1. The molecule has 1 aliphatic heterocycles. The fourth-order valence-corrected chi connectivity index (χ4v) is 2.63. The molecule has 2 aromatic rings. The summed E-state index contributed by atoms with van der Waals surface area (Å²) < 4.78 is 6.00. The van der Waals surface area contributed by atoms with Crippen molar-refractivity contribution in [2.75, 3.05) is 13.1 Å². The van der Waals surface area contributed by atoms with Crippen LogP contribution in [0.25, 0.3) is 0 Å². The Morgan fingerprint density at radius 3 is 2.89 bits per heavy atom. The minimum absolute atomic E-state index is 0.117. The number of nitrogens with one attached hydrogen (secondary N) is 1. The number of ether oxygens (including phenoxy) is 1. The van der Waals surface area contributed by atoms with E-state index in [1.165, 1.54) is 5.56 Å². The maximum absolute atomic E-state index is 6.00. The van der Waals surface area contributed by atoms with Gasteiger partial charge in [0.05, 0.1) is 18.4 Å². The SMILES string of the molecule is CC1CN(Cc2ccccc2)CC(c2cn[nH]c2)O1. The molecular formula is C15H19N3O. The summed E-state index contributed by atoms with van der Waals surface area (Å²) in [4.78, 5) is 2.45. The van der Waals surface area contributed by atoms with Crippen molar-refractivity contribution in [3.05, 3.63) is 53.9 Å². The lowest BCUT2D eigenvalue weighted by Crippen LogP contribution is -2.42. The van der Waals surface area contributed by atoms with Crippen molar-refractivity contribution in [3.8, 4) is 0 Å². The molecule has 2 heterocycles. The van der Waals surface area contributed by atoms with E-state index < -0.39 is 0 Å². The predicted molar refractivity (Wildman–Crippen MR) is 73.6 cm³/mol. The molecule has 1 aromatic carbocycles. The molecule has 2 atom stereocenters. The van der Waals surface area contributed by atoms with Crippen molar-refractivity contribution in [2.24, 2.45) is 0 Å². The predicted octanol–water partition coefficient (Wildman–Crippen LogP) is 2.37. The minimum atomic E-state index is 0.117. The summed E-state index contributed by atoms with van der Waals surface area (Å²) in [6.07, 6.45) is 4.14. The summed E-state index contributed by atoms with van der Waals surface area (Å²) in [5.41, 5.74) is 2.48. The molecule has 1 aliphatic rings. The number of H-pyrrole nitrogens is 1. The minimum Gasteiger partial charge on any atom is -0.368 e. The van der Waals surface area contributed by atoms with Crippen molar-refractivity contribution < 1.29 is 4.74 Å². The Balaban J connectivity index is 1.69. The zero-order valence-corrected chi connectivity index (χ0v) is 11.1. The molecule has 1 N–H and O–H groups in total. The van der Waals surface area contributed by atoms with Gasteiger partial charge in [-0.15, -0.1) is 0 Å². The molecule has 1 fully saturated rings. The largest absolute Gasteiger partial charge is 0.368 e. The average molecular weight is 257 g/mol. The second-order valence-electron chi connectivity index (χ2n) is 5.15. The smallest absolute Gasteiger partial charge is 0.0986 e. The number of aromatic amines is 1. The van der Waals surface area contributed by atoms with E-state index in [1.54, 1.807) is 0 Å². The first kappa shape index (κ1) is 12.4. The van der Waals surface area contributed by atoms with Crippen LogP contribution >= 0.6 is 0 Å². The third-order valence-electron chi connectivity index (χ3n) is 3.48. The maximum Gasteiger partial charge on any atom is 0.0986 e. The van der Waals surface area contributed by atoms with Crippen molar-refractivity contribution in [3.63, 3.8) is 0 Å². The molecular weight excluding hydrogens is 238 g/mol. The summed E-state index contributed by atoms with van der Waals surface area (Å²) in [7, 11) is 0. The molecule has 4 nitrogen and oxygen atoms in total. The van der Waals surface area contributed by atoms with E-state index in [2.05, 4.69) is 52.4 Å². The Labute approximate surface area is 113 Å². The quantitative estimate of drug-likeness (QED) is 0.917. The van der Waals surface area contributed by atoms with Gasteiger partial charge in [0.1, 0.15) is 0 Å². The van der Waals surface area contributed by atoms with E-state index >= 15 is 0 Å². The molecule has 3 rings (SSSR count). The number of hydrogen-bond donors (Lipinski definition) is 1. The first-order valence-corrected chi connectivity index (χ1v) is 6.71. The second kappa shape index (κ2) is 5.55. The fraction of sp³-hybridized carbons (Fsp3) is 0.400. The molecule has 1 aromatic heterocycles. The normalized spacial score (nSPS) is 24.5. The molecule has 1 saturated heterocycles. The van der Waals surface area contributed by atoms with Gasteiger partial charge in [0, 0.05) is 31.4 Å². The Kier molecular flexibility index (Phi) is 3.62. The summed E-state index contributed by atoms with van der Waals surface area (Å²) in [5, 5.41) is 6.87. The molecule has 0 amide bonds. The Bertz CT molecular complexity index is 497. The maximum atomic E-state index is 6.00. The van der Waals surface area contributed by atoms with Gasteiger partial charge in [0.15, 0.2) is 0 Å². The van der Waals surface area contributed by atoms with E-state index in [0.717, 1.165) is 25.2 Å². The van der Waals surface area contributed by atoms with Crippen LogP contribution in [0.4, 0.5) is 0 Å². The van der Waals surface area contributed by atoms with Crippen molar-refractivity contribution in [1.29, 1.82) is 0 Å². The molecule has 2 unspecified atom stereocenters. The van der Waals surface area contributed by atoms with Crippen molar-refractivity contribution >= 4 is 0 Å². The molecule has 100 valence electrons. The highest BCUT2D eigenvalue weighted by molar-refractivity contribution is 5.15. The van der Waals surface area contributed by atoms with Crippen LogP contribution in [-0.2, 0) is 11.3 Å². The number of hydrogen-bond acceptors (Lipinski definition) is 3. The van der Waals surface area contributed by atoms with Crippen molar-refractivity contribution in [1.82, 2.24) is 15.1 Å². The van der Waals surface area contributed by atoms with Gasteiger partial charge in [-0.25, -0.2) is 0 Å². The Morgan fingerprint density at radius 1 is 1.32 bits per heavy atom. The highest BCUT2D eigenvalue weighted by atomic mass is 16.5. The van der Waals surface area contributed by atoms with Crippen LogP contribution in [0.15, 0.2) is 42.7 Å². The van der Waals surface area contributed by atoms with E-state index in [0.29, 0.717) is 0 Å². The summed E-state index contributed by atoms with van der Waals surface area (Å²) in [6.45, 7) is 5.00. The van der Waals surface area contributed by atoms with Gasteiger partial charge in [-0.2, -0.15) is 5.10 Å². The van der Waals surface area contributed by atoms with E-state index in [9.17, 15) is 0 Å². The van der Waals surface area contributed by atoms with E-state index in [-0.39, 0.29) is 12.2 Å². The lowest BCUT2D eigenvalue weighted by molar-refractivity contribution is -0.0814. The lowest BCUT2D eigenvalue weighted by Gasteiger charge is -2.36. The van der Waals surface area contributed by atoms with Gasteiger partial charge < -0.3 is 4.74 Å². The van der Waals surface area contributed by atoms with Crippen molar-refractivity contribution in [2.45, 2.75) is 25.7 Å². The van der Waals surface area contributed by atoms with Crippen LogP contribution in [0.3, 0.4) is 0 Å². The monoisotopic (exact) mass is 257 g/mol. The summed E-state index contributed by atoms with van der Waals surface area (Å²) >= 11 is 0. The number of morpholine rings is 1. The van der Waals surface area contributed by atoms with Gasteiger partial charge in [-0.1, -0.05) is 30.3 Å². The fourth-order valence-electron chi connectivity index (χ4n) is 2.63. The number of rotatable bonds is 3. The van der Waals surface area contributed by atoms with Gasteiger partial charge >= 0.3 is 0 Å². The summed E-state index contributed by atoms with van der Waals surface area (Å²) in [5.74, 6) is 0. The topological polar surface area (TPSA) is 41.2 Å². The lowest BCUT2D eigenvalue weighted by atomic mass is 10.1. The van der Waals surface area contributed by atoms with E-state index in [4.69, 9.17) is 4.74 Å². The highest BCUT2D eigenvalue weighted by Crippen LogP contribution is 2.25. The Morgan fingerprint density at radius 2 is 2.16 bits per heavy atom. The molecule has 0 radical (unpaired) electrons. The second-order valence-corrected chi connectivity index (χ2v) is 5.15. The van der Waals surface area contributed by atoms with Crippen LogP contribution in [0.5, 0.6) is 0 Å². The van der Waals surface area contributed by atoms with Gasteiger partial charge in [0.25, 0.3) is 0 Å². The van der Waals surface area contributed by atoms with Crippen LogP contribution in [0, 0.1) is 0 Å². The van der Waals surface area contributed by atoms with Gasteiger partial charge in [0.2, 0.25) is 0 Å². The van der Waals surface area contributed by atoms with E-state index in [1.807, 2.05) is 12.4 Å². The number of aromatic nitrogens is 2. The zero-order valence-electron chi connectivity index (χ0n) is 11.1. The molecule has 0 bridgehead atoms. The molecule has 0 aliphatic carbocycles. The molecule has 0 spiro atoms. The van der Waals surface area contributed by atoms with Crippen LogP contribution in [-0.4, -0.2) is 34.3 Å². The summed E-state index contributed by atoms with van der Waals surface area (Å²) in [6, 6.07) is 10.6. The first-order valence-electron chi connectivity index (χ1n) is 6.71. The molecule has 4 heteroatoms. The standard InChI is InChI=1S/C15H19N3O/c1-12-9-18(10-13-5-3-2-4-6-13)11-15(19-12)14-7-16-17-8-14/h2-8,12,15H,9-11H2,1H3,(H,16,17). The first-order chi connectivity index (χ1) is 9.31. The Hall–Kier alpha value is -1.65. The van der Waals surface area contributed by atoms with Crippen LogP contribution in [0.1, 0.15) is 24.2 Å². The average Bonchev–Trinajstić information content (AvgIpc) is 2.93. The molecule has 19 heavy (non-hydrogen) atoms. The third-order valence-corrected chi connectivity index (χ3v) is 3.48. The third kappa shape index (κ3) is 3.03. The highest BCUT2D eigenvalue weighted by Gasteiger charge is 2.26.